The van der Waals surface area contributed by atoms with Crippen molar-refractivity contribution in [2.24, 2.45) is 0 Å². The second-order valence-electron chi connectivity index (χ2n) is 5.65. The quantitative estimate of drug-likeness (QED) is 0.902. The number of rotatable bonds is 3. The summed E-state index contributed by atoms with van der Waals surface area (Å²) < 4.78 is 37.6. The van der Waals surface area contributed by atoms with Gasteiger partial charge in [0.2, 0.25) is 0 Å². The molecule has 2 aromatic rings. The average Bonchev–Trinajstić information content (AvgIpc) is 3.18. The molecule has 122 valence electrons. The third kappa shape index (κ3) is 3.24. The number of aromatic nitrogens is 1. The minimum Gasteiger partial charge on any atom is -0.342 e. The van der Waals surface area contributed by atoms with Gasteiger partial charge in [-0.2, -0.15) is 13.2 Å². The Morgan fingerprint density at radius 2 is 1.96 bits per heavy atom. The number of thiophene rings is 1. The van der Waals surface area contributed by atoms with Crippen LogP contribution in [0.25, 0.3) is 0 Å². The lowest BCUT2D eigenvalue weighted by Gasteiger charge is -2.29. The van der Waals surface area contributed by atoms with E-state index in [-0.39, 0.29) is 11.5 Å². The number of hydrogen-bond acceptors (Lipinski definition) is 3. The zero-order chi connectivity index (χ0) is 16.5. The normalized spacial score (nSPS) is 17.2. The lowest BCUT2D eigenvalue weighted by atomic mass is 9.95. The van der Waals surface area contributed by atoms with Crippen LogP contribution in [0.1, 0.15) is 46.6 Å². The van der Waals surface area contributed by atoms with Gasteiger partial charge in [0.1, 0.15) is 5.69 Å². The molecule has 23 heavy (non-hydrogen) atoms. The highest BCUT2D eigenvalue weighted by Gasteiger charge is 2.38. The van der Waals surface area contributed by atoms with E-state index < -0.39 is 17.4 Å². The molecule has 3 rings (SSSR count). The lowest BCUT2D eigenvalue weighted by molar-refractivity contribution is -0.141. The van der Waals surface area contributed by atoms with Gasteiger partial charge >= 0.3 is 6.18 Å². The van der Waals surface area contributed by atoms with Crippen LogP contribution in [0.15, 0.2) is 35.8 Å². The second kappa shape index (κ2) is 5.96. The Kier molecular flexibility index (Phi) is 4.14. The van der Waals surface area contributed by atoms with Gasteiger partial charge in [0, 0.05) is 11.1 Å². The number of carbonyl (C=O) groups excluding carboxylic acids is 1. The summed E-state index contributed by atoms with van der Waals surface area (Å²) in [5.74, 6) is -0.387. The van der Waals surface area contributed by atoms with Gasteiger partial charge in [0.15, 0.2) is 0 Å². The first-order valence-electron chi connectivity index (χ1n) is 7.30. The number of halogens is 3. The Balaban J connectivity index is 1.80. The molecular weight excluding hydrogens is 325 g/mol. The number of hydrogen-bond donors (Lipinski definition) is 1. The Morgan fingerprint density at radius 3 is 2.48 bits per heavy atom. The molecule has 2 heterocycles. The summed E-state index contributed by atoms with van der Waals surface area (Å²) in [5, 5.41) is 4.98. The first kappa shape index (κ1) is 16.0. The molecule has 1 fully saturated rings. The van der Waals surface area contributed by atoms with Crippen LogP contribution < -0.4 is 5.32 Å². The van der Waals surface area contributed by atoms with E-state index in [1.165, 1.54) is 6.07 Å². The third-order valence-electron chi connectivity index (χ3n) is 4.12. The number of pyridine rings is 1. The number of alkyl halides is 3. The predicted molar refractivity (Wildman–Crippen MR) is 81.2 cm³/mol. The van der Waals surface area contributed by atoms with Crippen molar-refractivity contribution in [2.45, 2.75) is 37.4 Å². The molecule has 2 aromatic heterocycles. The molecule has 0 aromatic carbocycles. The predicted octanol–water partition coefficient (Wildman–Crippen LogP) is 4.36. The van der Waals surface area contributed by atoms with Crippen molar-refractivity contribution >= 4 is 17.2 Å². The van der Waals surface area contributed by atoms with Crippen LogP contribution in [-0.4, -0.2) is 10.9 Å². The zero-order valence-electron chi connectivity index (χ0n) is 12.2. The zero-order valence-corrected chi connectivity index (χ0v) is 13.0. The van der Waals surface area contributed by atoms with Gasteiger partial charge in [-0.05, 0) is 36.4 Å². The van der Waals surface area contributed by atoms with Gasteiger partial charge in [0.25, 0.3) is 5.91 Å². The van der Waals surface area contributed by atoms with Crippen LogP contribution in [0.2, 0.25) is 0 Å². The van der Waals surface area contributed by atoms with Crippen LogP contribution in [-0.2, 0) is 11.7 Å². The number of nitrogens with zero attached hydrogens (tertiary/aromatic N) is 1. The summed E-state index contributed by atoms with van der Waals surface area (Å²) in [5.41, 5.74) is -1.27. The van der Waals surface area contributed by atoms with E-state index in [9.17, 15) is 18.0 Å². The highest BCUT2D eigenvalue weighted by Crippen LogP contribution is 2.41. The molecule has 7 heteroatoms. The van der Waals surface area contributed by atoms with Crippen molar-refractivity contribution < 1.29 is 18.0 Å². The van der Waals surface area contributed by atoms with Crippen molar-refractivity contribution in [1.29, 1.82) is 0 Å². The Hall–Kier alpha value is -1.89. The van der Waals surface area contributed by atoms with Gasteiger partial charge in [-0.25, -0.2) is 0 Å². The van der Waals surface area contributed by atoms with E-state index in [1.54, 1.807) is 11.3 Å². The van der Waals surface area contributed by atoms with Gasteiger partial charge in [-0.15, -0.1) is 11.3 Å². The molecule has 0 bridgehead atoms. The summed E-state index contributed by atoms with van der Waals surface area (Å²) in [4.78, 5) is 16.9. The Labute approximate surface area is 135 Å². The molecule has 1 aliphatic carbocycles. The van der Waals surface area contributed by atoms with Crippen LogP contribution in [0.4, 0.5) is 13.2 Å². The first-order chi connectivity index (χ1) is 10.9. The summed E-state index contributed by atoms with van der Waals surface area (Å²) in [6, 6.07) is 5.93. The maximum atomic E-state index is 12.5. The summed E-state index contributed by atoms with van der Waals surface area (Å²) in [7, 11) is 0. The summed E-state index contributed by atoms with van der Waals surface area (Å²) in [6.45, 7) is 0. The molecule has 0 atom stereocenters. The van der Waals surface area contributed by atoms with Gasteiger partial charge < -0.3 is 5.32 Å². The maximum Gasteiger partial charge on any atom is 0.433 e. The van der Waals surface area contributed by atoms with E-state index in [4.69, 9.17) is 0 Å². The molecule has 0 saturated heterocycles. The van der Waals surface area contributed by atoms with E-state index in [0.717, 1.165) is 42.8 Å². The van der Waals surface area contributed by atoms with Gasteiger partial charge in [-0.1, -0.05) is 18.9 Å². The molecule has 0 radical (unpaired) electrons. The first-order valence-corrected chi connectivity index (χ1v) is 8.18. The summed E-state index contributed by atoms with van der Waals surface area (Å²) in [6.07, 6.45) is 0.196. The van der Waals surface area contributed by atoms with Crippen molar-refractivity contribution in [3.8, 4) is 0 Å². The molecule has 1 aliphatic rings. The molecule has 0 unspecified atom stereocenters. The Morgan fingerprint density at radius 1 is 1.22 bits per heavy atom. The van der Waals surface area contributed by atoms with E-state index in [1.807, 2.05) is 17.5 Å². The lowest BCUT2D eigenvalue weighted by Crippen LogP contribution is -2.43. The number of amides is 1. The standard InChI is InChI=1S/C16H15F3N2OS/c17-16(18,19)12-6-5-11(10-20-12)14(22)21-15(7-1-2-8-15)13-4-3-9-23-13/h3-6,9-10H,1-2,7-8H2,(H,21,22). The van der Waals surface area contributed by atoms with Crippen LogP contribution >= 0.6 is 11.3 Å². The van der Waals surface area contributed by atoms with E-state index in [0.29, 0.717) is 0 Å². The monoisotopic (exact) mass is 340 g/mol. The SMILES string of the molecule is O=C(NC1(c2cccs2)CCCC1)c1ccc(C(F)(F)F)nc1. The molecule has 0 aliphatic heterocycles. The van der Waals surface area contributed by atoms with Crippen molar-refractivity contribution in [1.82, 2.24) is 10.3 Å². The molecule has 3 nitrogen and oxygen atoms in total. The topological polar surface area (TPSA) is 42.0 Å². The van der Waals surface area contributed by atoms with Gasteiger partial charge in [0.05, 0.1) is 11.1 Å². The highest BCUT2D eigenvalue weighted by atomic mass is 32.1. The average molecular weight is 340 g/mol. The van der Waals surface area contributed by atoms with Crippen LogP contribution in [0, 0.1) is 0 Å². The second-order valence-corrected chi connectivity index (χ2v) is 6.60. The van der Waals surface area contributed by atoms with Crippen molar-refractivity contribution in [2.75, 3.05) is 0 Å². The minimum absolute atomic E-state index is 0.140. The molecule has 1 saturated carbocycles. The third-order valence-corrected chi connectivity index (χ3v) is 5.19. The smallest absolute Gasteiger partial charge is 0.342 e. The molecular formula is C16H15F3N2OS. The van der Waals surface area contributed by atoms with Crippen molar-refractivity contribution in [3.05, 3.63) is 52.0 Å². The number of carbonyl (C=O) groups is 1. The maximum absolute atomic E-state index is 12.5. The molecule has 1 amide bonds. The van der Waals surface area contributed by atoms with E-state index >= 15 is 0 Å². The van der Waals surface area contributed by atoms with E-state index in [2.05, 4.69) is 10.3 Å². The number of nitrogens with one attached hydrogen (secondary N) is 1. The minimum atomic E-state index is -4.50. The highest BCUT2D eigenvalue weighted by molar-refractivity contribution is 7.10. The van der Waals surface area contributed by atoms with Gasteiger partial charge in [-0.3, -0.25) is 9.78 Å². The van der Waals surface area contributed by atoms with Crippen LogP contribution in [0.5, 0.6) is 0 Å². The summed E-state index contributed by atoms with van der Waals surface area (Å²) >= 11 is 1.58. The van der Waals surface area contributed by atoms with Crippen LogP contribution in [0.3, 0.4) is 0 Å². The van der Waals surface area contributed by atoms with Crippen molar-refractivity contribution in [3.63, 3.8) is 0 Å². The Bertz CT molecular complexity index is 674. The fraction of sp³-hybridized carbons (Fsp3) is 0.375. The molecule has 1 N–H and O–H groups in total. The largest absolute Gasteiger partial charge is 0.433 e. The fourth-order valence-electron chi connectivity index (χ4n) is 2.95. The molecule has 0 spiro atoms. The fourth-order valence-corrected chi connectivity index (χ4v) is 3.89.